The highest BCUT2D eigenvalue weighted by molar-refractivity contribution is 5.71. The zero-order valence-corrected chi connectivity index (χ0v) is 34.7. The Morgan fingerprint density at radius 1 is 0.373 bits per heavy atom. The highest BCUT2D eigenvalue weighted by Crippen LogP contribution is 2.16. The van der Waals surface area contributed by atoms with Gasteiger partial charge >= 0.3 is 17.9 Å². The van der Waals surface area contributed by atoms with Gasteiger partial charge in [-0.1, -0.05) is 202 Å². The summed E-state index contributed by atoms with van der Waals surface area (Å²) in [5.74, 6) is 0.733. The van der Waals surface area contributed by atoms with Gasteiger partial charge in [-0.15, -0.1) is 0 Å². The molecule has 1 atom stereocenters. The van der Waals surface area contributed by atoms with Gasteiger partial charge in [0.2, 0.25) is 0 Å². The molecule has 0 aliphatic rings. The summed E-state index contributed by atoms with van der Waals surface area (Å²) in [7, 11) is 0. The van der Waals surface area contributed by atoms with Crippen molar-refractivity contribution in [3.8, 4) is 0 Å². The van der Waals surface area contributed by atoms with Gasteiger partial charge in [-0.05, 0) is 31.1 Å². The van der Waals surface area contributed by atoms with Crippen LogP contribution in [0.2, 0.25) is 0 Å². The van der Waals surface area contributed by atoms with E-state index in [0.29, 0.717) is 19.3 Å². The monoisotopic (exact) mass is 723 g/mol. The van der Waals surface area contributed by atoms with Crippen LogP contribution in [0.5, 0.6) is 0 Å². The van der Waals surface area contributed by atoms with Gasteiger partial charge in [0.1, 0.15) is 13.2 Å². The minimum atomic E-state index is -0.760. The molecule has 0 aromatic carbocycles. The maximum Gasteiger partial charge on any atom is 0.306 e. The molecule has 6 nitrogen and oxygen atoms in total. The fourth-order valence-corrected chi connectivity index (χ4v) is 6.58. The van der Waals surface area contributed by atoms with Crippen LogP contribution in [0.15, 0.2) is 0 Å². The molecule has 0 radical (unpaired) electrons. The highest BCUT2D eigenvalue weighted by Gasteiger charge is 2.19. The Labute approximate surface area is 317 Å². The lowest BCUT2D eigenvalue weighted by Gasteiger charge is -2.18. The summed E-state index contributed by atoms with van der Waals surface area (Å²) >= 11 is 0. The average Bonchev–Trinajstić information content (AvgIpc) is 3.09. The average molecular weight is 723 g/mol. The summed E-state index contributed by atoms with van der Waals surface area (Å²) in [5, 5.41) is 0. The first-order chi connectivity index (χ1) is 24.7. The molecule has 0 saturated heterocycles. The molecular weight excluding hydrogens is 636 g/mol. The molecule has 0 bridgehead atoms. The number of carbonyl (C=O) groups is 3. The van der Waals surface area contributed by atoms with Gasteiger partial charge in [0, 0.05) is 19.3 Å². The van der Waals surface area contributed by atoms with E-state index in [4.69, 9.17) is 14.2 Å². The summed E-state index contributed by atoms with van der Waals surface area (Å²) in [4.78, 5) is 37.6. The van der Waals surface area contributed by atoms with Crippen LogP contribution in [0.4, 0.5) is 0 Å². The third-order valence-electron chi connectivity index (χ3n) is 9.97. The lowest BCUT2D eigenvalue weighted by Crippen LogP contribution is -2.30. The Morgan fingerprint density at radius 2 is 0.647 bits per heavy atom. The largest absolute Gasteiger partial charge is 0.462 e. The van der Waals surface area contributed by atoms with Gasteiger partial charge in [-0.3, -0.25) is 14.4 Å². The zero-order chi connectivity index (χ0) is 37.6. The van der Waals surface area contributed by atoms with E-state index in [0.717, 1.165) is 69.6 Å². The van der Waals surface area contributed by atoms with Crippen molar-refractivity contribution in [1.82, 2.24) is 0 Å². The molecule has 51 heavy (non-hydrogen) atoms. The summed E-state index contributed by atoms with van der Waals surface area (Å²) in [6, 6.07) is 0. The van der Waals surface area contributed by atoms with E-state index in [-0.39, 0.29) is 31.1 Å². The minimum Gasteiger partial charge on any atom is -0.462 e. The molecule has 6 heteroatoms. The molecule has 0 aliphatic carbocycles. The van der Waals surface area contributed by atoms with Crippen molar-refractivity contribution >= 4 is 17.9 Å². The maximum atomic E-state index is 12.7. The quantitative estimate of drug-likeness (QED) is 0.0357. The van der Waals surface area contributed by atoms with Crippen LogP contribution in [0.3, 0.4) is 0 Å². The summed E-state index contributed by atoms with van der Waals surface area (Å²) < 4.78 is 16.7. The molecule has 0 aliphatic heterocycles. The second-order valence-corrected chi connectivity index (χ2v) is 16.3. The van der Waals surface area contributed by atoms with Gasteiger partial charge in [-0.25, -0.2) is 0 Å². The lowest BCUT2D eigenvalue weighted by atomic mass is 10.0. The number of esters is 3. The Morgan fingerprint density at radius 3 is 0.961 bits per heavy atom. The first kappa shape index (κ1) is 49.4. The molecule has 0 unspecified atom stereocenters. The van der Waals surface area contributed by atoms with Crippen LogP contribution in [0.25, 0.3) is 0 Å². The van der Waals surface area contributed by atoms with Crippen LogP contribution in [0.1, 0.15) is 240 Å². The topological polar surface area (TPSA) is 78.9 Å². The van der Waals surface area contributed by atoms with Crippen molar-refractivity contribution in [3.63, 3.8) is 0 Å². The van der Waals surface area contributed by atoms with E-state index in [2.05, 4.69) is 34.6 Å². The van der Waals surface area contributed by atoms with E-state index < -0.39 is 6.10 Å². The van der Waals surface area contributed by atoms with Crippen molar-refractivity contribution in [1.29, 1.82) is 0 Å². The number of hydrogen-bond donors (Lipinski definition) is 0. The van der Waals surface area contributed by atoms with E-state index in [1.165, 1.54) is 128 Å². The van der Waals surface area contributed by atoms with Crippen molar-refractivity contribution in [2.24, 2.45) is 11.8 Å². The number of carbonyl (C=O) groups excluding carboxylic acids is 3. The Kier molecular flexibility index (Phi) is 37.0. The first-order valence-electron chi connectivity index (χ1n) is 22.2. The second-order valence-electron chi connectivity index (χ2n) is 16.3. The molecule has 0 spiro atoms. The first-order valence-corrected chi connectivity index (χ1v) is 22.2. The predicted octanol–water partition coefficient (Wildman–Crippen LogP) is 13.8. The van der Waals surface area contributed by atoms with E-state index in [9.17, 15) is 14.4 Å². The molecule has 0 aromatic rings. The molecule has 0 aromatic heterocycles. The standard InChI is InChI=1S/C45H86O6/c1-6-7-8-9-10-11-15-20-25-30-35-43(46)49-38-42(51-45(48)37-32-27-22-17-19-24-29-34-41(4)5)39-50-44(47)36-31-26-21-16-13-12-14-18-23-28-33-40(2)3/h40-42H,6-39H2,1-5H3/t42-/m1/s1. The third-order valence-corrected chi connectivity index (χ3v) is 9.97. The fraction of sp³-hybridized carbons (Fsp3) is 0.933. The van der Waals surface area contributed by atoms with Crippen LogP contribution < -0.4 is 0 Å². The molecule has 302 valence electrons. The number of ether oxygens (including phenoxy) is 3. The Balaban J connectivity index is 4.33. The molecule has 0 fully saturated rings. The van der Waals surface area contributed by atoms with Crippen LogP contribution >= 0.6 is 0 Å². The van der Waals surface area contributed by atoms with Gasteiger partial charge in [0.15, 0.2) is 6.10 Å². The van der Waals surface area contributed by atoms with Crippen molar-refractivity contribution in [2.75, 3.05) is 13.2 Å². The lowest BCUT2D eigenvalue weighted by molar-refractivity contribution is -0.167. The SMILES string of the molecule is CCCCCCCCCCCCC(=O)OC[C@H](COC(=O)CCCCCCCCCCCCC(C)C)OC(=O)CCCCCCCCCC(C)C. The van der Waals surface area contributed by atoms with Gasteiger partial charge in [0.05, 0.1) is 0 Å². The minimum absolute atomic E-state index is 0.0658. The number of hydrogen-bond acceptors (Lipinski definition) is 6. The highest BCUT2D eigenvalue weighted by atomic mass is 16.6. The number of unbranched alkanes of at least 4 members (excludes halogenated alkanes) is 24. The van der Waals surface area contributed by atoms with Crippen molar-refractivity contribution in [2.45, 2.75) is 246 Å². The van der Waals surface area contributed by atoms with E-state index >= 15 is 0 Å². The van der Waals surface area contributed by atoms with Gasteiger partial charge in [-0.2, -0.15) is 0 Å². The fourth-order valence-electron chi connectivity index (χ4n) is 6.58. The summed E-state index contributed by atoms with van der Waals surface area (Å²) in [6.45, 7) is 11.3. The van der Waals surface area contributed by atoms with Crippen molar-refractivity contribution < 1.29 is 28.6 Å². The van der Waals surface area contributed by atoms with Gasteiger partial charge in [0.25, 0.3) is 0 Å². The Hall–Kier alpha value is -1.59. The van der Waals surface area contributed by atoms with Crippen molar-refractivity contribution in [3.05, 3.63) is 0 Å². The zero-order valence-electron chi connectivity index (χ0n) is 34.7. The predicted molar refractivity (Wildman–Crippen MR) is 215 cm³/mol. The van der Waals surface area contributed by atoms with Crippen LogP contribution in [-0.4, -0.2) is 37.2 Å². The summed E-state index contributed by atoms with van der Waals surface area (Å²) in [5.41, 5.74) is 0. The Bertz CT molecular complexity index is 779. The normalized spacial score (nSPS) is 12.1. The third kappa shape index (κ3) is 39.5. The molecule has 0 saturated carbocycles. The van der Waals surface area contributed by atoms with E-state index in [1.54, 1.807) is 0 Å². The molecular formula is C45H86O6. The van der Waals surface area contributed by atoms with Crippen LogP contribution in [0, 0.1) is 11.8 Å². The number of rotatable bonds is 39. The molecule has 0 rings (SSSR count). The smallest absolute Gasteiger partial charge is 0.306 e. The van der Waals surface area contributed by atoms with Crippen LogP contribution in [-0.2, 0) is 28.6 Å². The summed E-state index contributed by atoms with van der Waals surface area (Å²) in [6.07, 6.45) is 35.2. The van der Waals surface area contributed by atoms with Gasteiger partial charge < -0.3 is 14.2 Å². The molecule has 0 N–H and O–H groups in total. The molecule has 0 heterocycles. The second kappa shape index (κ2) is 38.1. The maximum absolute atomic E-state index is 12.7. The van der Waals surface area contributed by atoms with E-state index in [1.807, 2.05) is 0 Å². The molecule has 0 amide bonds.